The van der Waals surface area contributed by atoms with Gasteiger partial charge < -0.3 is 15.9 Å². The van der Waals surface area contributed by atoms with Crippen LogP contribution in [0.4, 0.5) is 0 Å². The predicted octanol–water partition coefficient (Wildman–Crippen LogP) is 2.40. The van der Waals surface area contributed by atoms with Gasteiger partial charge in [0, 0.05) is 24.8 Å². The molecule has 0 bridgehead atoms. The lowest BCUT2D eigenvalue weighted by molar-refractivity contribution is 0.101. The van der Waals surface area contributed by atoms with Gasteiger partial charge in [0.15, 0.2) is 0 Å². The molecule has 4 nitrogen and oxygen atoms in total. The summed E-state index contributed by atoms with van der Waals surface area (Å²) < 4.78 is 0. The Kier molecular flexibility index (Phi) is 5.52. The molecular weight excluding hydrogens is 299 g/mol. The molecule has 1 heterocycles. The number of nitrogens with zero attached hydrogens (tertiary/aromatic N) is 1. The van der Waals surface area contributed by atoms with E-state index in [0.717, 1.165) is 25.9 Å². The van der Waals surface area contributed by atoms with E-state index < -0.39 is 0 Å². The Morgan fingerprint density at radius 3 is 2.40 bits per heavy atom. The van der Waals surface area contributed by atoms with Gasteiger partial charge in [-0.25, -0.2) is 0 Å². The fourth-order valence-corrected chi connectivity index (χ4v) is 3.07. The van der Waals surface area contributed by atoms with E-state index in [-0.39, 0.29) is 18.4 Å². The van der Waals surface area contributed by atoms with E-state index in [1.807, 2.05) is 0 Å². The number of aromatic hydroxyl groups is 1. The molecule has 1 aromatic carbocycles. The minimum absolute atomic E-state index is 0.0793. The zero-order valence-electron chi connectivity index (χ0n) is 11.2. The maximum absolute atomic E-state index is 10.1. The van der Waals surface area contributed by atoms with E-state index in [2.05, 4.69) is 4.90 Å². The van der Waals surface area contributed by atoms with Crippen LogP contribution in [0.25, 0.3) is 0 Å². The van der Waals surface area contributed by atoms with Crippen molar-refractivity contribution >= 4 is 23.2 Å². The number of phenolic OH excluding ortho intramolecular Hbond substituents is 1. The zero-order chi connectivity index (χ0) is 14.7. The van der Waals surface area contributed by atoms with Crippen LogP contribution in [0.3, 0.4) is 0 Å². The lowest BCUT2D eigenvalue weighted by Gasteiger charge is -2.37. The summed E-state index contributed by atoms with van der Waals surface area (Å²) in [5.74, 6) is 0.492. The van der Waals surface area contributed by atoms with Crippen molar-refractivity contribution in [1.29, 1.82) is 0 Å². The summed E-state index contributed by atoms with van der Waals surface area (Å²) in [6.45, 7) is 2.34. The van der Waals surface area contributed by atoms with Gasteiger partial charge in [-0.1, -0.05) is 23.2 Å². The molecule has 1 aliphatic rings. The third kappa shape index (κ3) is 3.38. The summed E-state index contributed by atoms with van der Waals surface area (Å²) in [4.78, 5) is 2.23. The van der Waals surface area contributed by atoms with E-state index in [4.69, 9.17) is 28.9 Å². The summed E-state index contributed by atoms with van der Waals surface area (Å²) in [5, 5.41) is 20.0. The predicted molar refractivity (Wildman–Crippen MR) is 81.3 cm³/mol. The highest BCUT2D eigenvalue weighted by Crippen LogP contribution is 2.36. The Bertz CT molecular complexity index is 463. The van der Waals surface area contributed by atoms with Gasteiger partial charge in [-0.3, -0.25) is 4.90 Å². The number of aliphatic hydroxyl groups excluding tert-OH is 1. The SMILES string of the molecule is NCC(c1cc(Cl)c(Cl)cc1O)N1CCC(CO)CC1. The van der Waals surface area contributed by atoms with Crippen molar-refractivity contribution in [2.45, 2.75) is 18.9 Å². The minimum atomic E-state index is -0.0793. The van der Waals surface area contributed by atoms with Gasteiger partial charge in [0.05, 0.1) is 16.1 Å². The van der Waals surface area contributed by atoms with Crippen molar-refractivity contribution in [1.82, 2.24) is 4.90 Å². The number of aliphatic hydroxyl groups is 1. The number of rotatable bonds is 4. The van der Waals surface area contributed by atoms with Crippen molar-refractivity contribution in [2.24, 2.45) is 11.7 Å². The Morgan fingerprint density at radius 1 is 1.25 bits per heavy atom. The number of benzene rings is 1. The molecule has 112 valence electrons. The highest BCUT2D eigenvalue weighted by Gasteiger charge is 2.27. The van der Waals surface area contributed by atoms with Crippen LogP contribution in [0.15, 0.2) is 12.1 Å². The average molecular weight is 319 g/mol. The van der Waals surface area contributed by atoms with Crippen molar-refractivity contribution in [3.05, 3.63) is 27.7 Å². The third-order valence-electron chi connectivity index (χ3n) is 4.00. The lowest BCUT2D eigenvalue weighted by atomic mass is 9.94. The number of halogens is 2. The van der Waals surface area contributed by atoms with Crippen LogP contribution in [0.5, 0.6) is 5.75 Å². The average Bonchev–Trinajstić information content (AvgIpc) is 2.46. The number of hydrogen-bond acceptors (Lipinski definition) is 4. The molecule has 0 radical (unpaired) electrons. The number of nitrogens with two attached hydrogens (primary N) is 1. The second kappa shape index (κ2) is 6.96. The quantitative estimate of drug-likeness (QED) is 0.797. The molecule has 1 unspecified atom stereocenters. The fraction of sp³-hybridized carbons (Fsp3) is 0.571. The van der Waals surface area contributed by atoms with Gasteiger partial charge in [0.2, 0.25) is 0 Å². The monoisotopic (exact) mass is 318 g/mol. The standard InChI is InChI=1S/C14H20Cl2N2O2/c15-11-5-10(14(20)6-12(11)16)13(7-17)18-3-1-9(8-19)2-4-18/h5-6,9,13,19-20H,1-4,7-8,17H2. The summed E-state index contributed by atoms with van der Waals surface area (Å²) >= 11 is 11.9. The topological polar surface area (TPSA) is 69.7 Å². The van der Waals surface area contributed by atoms with Crippen molar-refractivity contribution < 1.29 is 10.2 Å². The maximum atomic E-state index is 10.1. The molecule has 6 heteroatoms. The van der Waals surface area contributed by atoms with E-state index in [0.29, 0.717) is 28.1 Å². The zero-order valence-corrected chi connectivity index (χ0v) is 12.7. The Hall–Kier alpha value is -0.520. The molecule has 1 atom stereocenters. The first kappa shape index (κ1) is 15.9. The van der Waals surface area contributed by atoms with Crippen LogP contribution >= 0.6 is 23.2 Å². The van der Waals surface area contributed by atoms with Gasteiger partial charge in [0.1, 0.15) is 5.75 Å². The molecule has 4 N–H and O–H groups in total. The van der Waals surface area contributed by atoms with E-state index in [1.54, 1.807) is 6.07 Å². The smallest absolute Gasteiger partial charge is 0.122 e. The summed E-state index contributed by atoms with van der Waals surface area (Å²) in [6, 6.07) is 3.07. The van der Waals surface area contributed by atoms with Gasteiger partial charge in [-0.05, 0) is 37.9 Å². The molecule has 0 aromatic heterocycles. The normalized spacial score (nSPS) is 19.2. The largest absolute Gasteiger partial charge is 0.508 e. The third-order valence-corrected chi connectivity index (χ3v) is 4.72. The molecule has 1 aromatic rings. The molecule has 0 saturated carbocycles. The van der Waals surface area contributed by atoms with Crippen molar-refractivity contribution in [3.63, 3.8) is 0 Å². The lowest BCUT2D eigenvalue weighted by Crippen LogP contribution is -2.40. The Balaban J connectivity index is 2.18. The second-order valence-corrected chi connectivity index (χ2v) is 6.05. The molecular formula is C14H20Cl2N2O2. The first-order valence-electron chi connectivity index (χ1n) is 6.79. The molecule has 1 fully saturated rings. The minimum Gasteiger partial charge on any atom is -0.508 e. The molecule has 2 rings (SSSR count). The summed E-state index contributed by atoms with van der Waals surface area (Å²) in [6.07, 6.45) is 1.88. The van der Waals surface area contributed by atoms with Gasteiger partial charge in [0.25, 0.3) is 0 Å². The van der Waals surface area contributed by atoms with Crippen LogP contribution in [0.1, 0.15) is 24.4 Å². The van der Waals surface area contributed by atoms with Gasteiger partial charge >= 0.3 is 0 Å². The number of phenols is 1. The van der Waals surface area contributed by atoms with Crippen molar-refractivity contribution in [2.75, 3.05) is 26.2 Å². The van der Waals surface area contributed by atoms with Gasteiger partial charge in [-0.15, -0.1) is 0 Å². The van der Waals surface area contributed by atoms with Crippen LogP contribution < -0.4 is 5.73 Å². The fourth-order valence-electron chi connectivity index (χ4n) is 2.74. The summed E-state index contributed by atoms with van der Waals surface area (Å²) in [7, 11) is 0. The van der Waals surface area contributed by atoms with Crippen LogP contribution in [0.2, 0.25) is 10.0 Å². The van der Waals surface area contributed by atoms with E-state index in [1.165, 1.54) is 6.07 Å². The maximum Gasteiger partial charge on any atom is 0.122 e. The van der Waals surface area contributed by atoms with Crippen LogP contribution in [-0.2, 0) is 0 Å². The first-order valence-corrected chi connectivity index (χ1v) is 7.55. The molecule has 0 spiro atoms. The van der Waals surface area contributed by atoms with E-state index >= 15 is 0 Å². The first-order chi connectivity index (χ1) is 9.56. The Labute approximate surface area is 129 Å². The van der Waals surface area contributed by atoms with Gasteiger partial charge in [-0.2, -0.15) is 0 Å². The summed E-state index contributed by atoms with van der Waals surface area (Å²) in [5.41, 5.74) is 6.59. The van der Waals surface area contributed by atoms with Crippen LogP contribution in [0, 0.1) is 5.92 Å². The number of hydrogen-bond donors (Lipinski definition) is 3. The molecule has 1 saturated heterocycles. The molecule has 20 heavy (non-hydrogen) atoms. The van der Waals surface area contributed by atoms with Crippen molar-refractivity contribution in [3.8, 4) is 5.75 Å². The number of likely N-dealkylation sites (tertiary alicyclic amines) is 1. The van der Waals surface area contributed by atoms with E-state index in [9.17, 15) is 10.2 Å². The highest BCUT2D eigenvalue weighted by atomic mass is 35.5. The number of piperidine rings is 1. The molecule has 0 amide bonds. The van der Waals surface area contributed by atoms with Crippen LogP contribution in [-0.4, -0.2) is 41.4 Å². The highest BCUT2D eigenvalue weighted by molar-refractivity contribution is 6.42. The second-order valence-electron chi connectivity index (χ2n) is 5.24. The Morgan fingerprint density at radius 2 is 1.85 bits per heavy atom. The molecule has 1 aliphatic heterocycles. The molecule has 0 aliphatic carbocycles.